The Hall–Kier alpha value is -1.39. The van der Waals surface area contributed by atoms with Crippen LogP contribution in [-0.2, 0) is 13.6 Å². The van der Waals surface area contributed by atoms with Crippen molar-refractivity contribution in [3.8, 4) is 11.4 Å². The summed E-state index contributed by atoms with van der Waals surface area (Å²) in [6.45, 7) is 2.37. The van der Waals surface area contributed by atoms with E-state index in [4.69, 9.17) is 17.3 Å². The highest BCUT2D eigenvalue weighted by Gasteiger charge is 2.10. The fraction of sp³-hybridized carbons (Fsp3) is 0.273. The van der Waals surface area contributed by atoms with Crippen LogP contribution in [0.5, 0.6) is 0 Å². The summed E-state index contributed by atoms with van der Waals surface area (Å²) < 4.78 is 1.88. The van der Waals surface area contributed by atoms with E-state index in [1.54, 1.807) is 0 Å². The minimum absolute atomic E-state index is 0.378. The summed E-state index contributed by atoms with van der Waals surface area (Å²) >= 11 is 6.01. The van der Waals surface area contributed by atoms with Crippen LogP contribution in [0.1, 0.15) is 11.4 Å². The van der Waals surface area contributed by atoms with Crippen molar-refractivity contribution in [2.24, 2.45) is 12.8 Å². The van der Waals surface area contributed by atoms with Crippen LogP contribution in [0.25, 0.3) is 11.4 Å². The zero-order chi connectivity index (χ0) is 11.7. The van der Waals surface area contributed by atoms with Gasteiger partial charge in [0.15, 0.2) is 5.82 Å². The van der Waals surface area contributed by atoms with Gasteiger partial charge in [-0.3, -0.25) is 0 Å². The van der Waals surface area contributed by atoms with Gasteiger partial charge in [0.1, 0.15) is 5.82 Å². The first-order valence-corrected chi connectivity index (χ1v) is 5.35. The molecule has 0 aliphatic heterocycles. The van der Waals surface area contributed by atoms with Crippen molar-refractivity contribution in [3.05, 3.63) is 34.6 Å². The van der Waals surface area contributed by atoms with Crippen molar-refractivity contribution in [1.82, 2.24) is 14.8 Å². The largest absolute Gasteiger partial charge is 0.324 e. The molecule has 0 atom stereocenters. The minimum atomic E-state index is 0.378. The number of aryl methyl sites for hydroxylation is 1. The van der Waals surface area contributed by atoms with E-state index in [0.29, 0.717) is 11.6 Å². The maximum absolute atomic E-state index is 6.01. The van der Waals surface area contributed by atoms with Gasteiger partial charge in [0.25, 0.3) is 0 Å². The maximum Gasteiger partial charge on any atom is 0.163 e. The number of rotatable bonds is 2. The summed E-state index contributed by atoms with van der Waals surface area (Å²) in [5, 5.41) is 8.83. The monoisotopic (exact) mass is 236 g/mol. The topological polar surface area (TPSA) is 56.7 Å². The van der Waals surface area contributed by atoms with Gasteiger partial charge in [-0.1, -0.05) is 11.6 Å². The van der Waals surface area contributed by atoms with E-state index in [1.807, 2.05) is 36.7 Å². The van der Waals surface area contributed by atoms with E-state index in [-0.39, 0.29) is 0 Å². The Bertz CT molecular complexity index is 498. The molecule has 0 fully saturated rings. The quantitative estimate of drug-likeness (QED) is 0.867. The van der Waals surface area contributed by atoms with Gasteiger partial charge in [0, 0.05) is 17.6 Å². The first-order valence-electron chi connectivity index (χ1n) is 4.97. The van der Waals surface area contributed by atoms with Gasteiger partial charge in [0.2, 0.25) is 0 Å². The standard InChI is InChI=1S/C11H13ClN4/c1-7-3-8(5-9(12)4-7)11-15-14-10(6-13)16(11)2/h3-5H,6,13H2,1-2H3. The number of hydrogen-bond acceptors (Lipinski definition) is 3. The zero-order valence-electron chi connectivity index (χ0n) is 9.24. The summed E-state index contributed by atoms with van der Waals surface area (Å²) in [6.07, 6.45) is 0. The molecule has 0 amide bonds. The second-order valence-corrected chi connectivity index (χ2v) is 4.16. The van der Waals surface area contributed by atoms with E-state index in [9.17, 15) is 0 Å². The predicted molar refractivity (Wildman–Crippen MR) is 64.1 cm³/mol. The van der Waals surface area contributed by atoms with Gasteiger partial charge in [-0.05, 0) is 30.7 Å². The van der Waals surface area contributed by atoms with Crippen molar-refractivity contribution >= 4 is 11.6 Å². The fourth-order valence-electron chi connectivity index (χ4n) is 1.66. The molecule has 1 heterocycles. The van der Waals surface area contributed by atoms with Crippen LogP contribution in [0.15, 0.2) is 18.2 Å². The molecule has 0 bridgehead atoms. The lowest BCUT2D eigenvalue weighted by molar-refractivity contribution is 0.797. The second kappa shape index (κ2) is 4.23. The number of nitrogens with zero attached hydrogens (tertiary/aromatic N) is 3. The van der Waals surface area contributed by atoms with Crippen LogP contribution in [-0.4, -0.2) is 14.8 Å². The van der Waals surface area contributed by atoms with Crippen LogP contribution in [0.2, 0.25) is 5.02 Å². The Morgan fingerprint density at radius 2 is 2.06 bits per heavy atom. The number of hydrogen-bond donors (Lipinski definition) is 1. The van der Waals surface area contributed by atoms with Crippen molar-refractivity contribution < 1.29 is 0 Å². The predicted octanol–water partition coefficient (Wildman–Crippen LogP) is 1.90. The van der Waals surface area contributed by atoms with Crippen molar-refractivity contribution in [2.45, 2.75) is 13.5 Å². The molecule has 2 aromatic rings. The molecular formula is C11H13ClN4. The zero-order valence-corrected chi connectivity index (χ0v) is 9.99. The molecule has 4 nitrogen and oxygen atoms in total. The number of aromatic nitrogens is 3. The molecule has 0 unspecified atom stereocenters. The molecule has 1 aromatic heterocycles. The molecule has 5 heteroatoms. The molecule has 0 aliphatic rings. The molecule has 2 N–H and O–H groups in total. The summed E-state index contributed by atoms with van der Waals surface area (Å²) in [5.74, 6) is 1.54. The number of benzene rings is 1. The molecule has 1 aromatic carbocycles. The van der Waals surface area contributed by atoms with Crippen LogP contribution in [0.3, 0.4) is 0 Å². The molecule has 84 valence electrons. The van der Waals surface area contributed by atoms with E-state index in [1.165, 1.54) is 0 Å². The summed E-state index contributed by atoms with van der Waals surface area (Å²) in [5.41, 5.74) is 7.61. The Morgan fingerprint density at radius 3 is 2.62 bits per heavy atom. The molecule has 0 saturated carbocycles. The van der Waals surface area contributed by atoms with E-state index < -0.39 is 0 Å². The highest BCUT2D eigenvalue weighted by molar-refractivity contribution is 6.30. The molecule has 16 heavy (non-hydrogen) atoms. The van der Waals surface area contributed by atoms with Crippen LogP contribution >= 0.6 is 11.6 Å². The first-order chi connectivity index (χ1) is 7.61. The Labute approximate surface area is 99.1 Å². The summed E-state index contributed by atoms with van der Waals surface area (Å²) in [6, 6.07) is 5.81. The Balaban J connectivity index is 2.54. The van der Waals surface area contributed by atoms with E-state index >= 15 is 0 Å². The van der Waals surface area contributed by atoms with Gasteiger partial charge in [0.05, 0.1) is 6.54 Å². The smallest absolute Gasteiger partial charge is 0.163 e. The number of nitrogens with two attached hydrogens (primary N) is 1. The third-order valence-electron chi connectivity index (χ3n) is 2.45. The summed E-state index contributed by atoms with van der Waals surface area (Å²) in [7, 11) is 1.90. The second-order valence-electron chi connectivity index (χ2n) is 3.72. The van der Waals surface area contributed by atoms with Gasteiger partial charge in [-0.25, -0.2) is 0 Å². The van der Waals surface area contributed by atoms with Crippen molar-refractivity contribution in [1.29, 1.82) is 0 Å². The highest BCUT2D eigenvalue weighted by Crippen LogP contribution is 2.23. The first kappa shape index (κ1) is 11.1. The average Bonchev–Trinajstić information content (AvgIpc) is 2.58. The molecule has 0 aliphatic carbocycles. The average molecular weight is 237 g/mol. The highest BCUT2D eigenvalue weighted by atomic mass is 35.5. The fourth-order valence-corrected chi connectivity index (χ4v) is 1.95. The molecular weight excluding hydrogens is 224 g/mol. The molecule has 0 radical (unpaired) electrons. The SMILES string of the molecule is Cc1cc(Cl)cc(-c2nnc(CN)n2C)c1. The van der Waals surface area contributed by atoms with Gasteiger partial charge < -0.3 is 10.3 Å². The third-order valence-corrected chi connectivity index (χ3v) is 2.67. The minimum Gasteiger partial charge on any atom is -0.324 e. The maximum atomic E-state index is 6.01. The van der Waals surface area contributed by atoms with E-state index in [2.05, 4.69) is 10.2 Å². The van der Waals surface area contributed by atoms with Gasteiger partial charge in [-0.2, -0.15) is 0 Å². The Kier molecular flexibility index (Phi) is 2.94. The van der Waals surface area contributed by atoms with Crippen molar-refractivity contribution in [3.63, 3.8) is 0 Å². The molecule has 0 spiro atoms. The van der Waals surface area contributed by atoms with Crippen LogP contribution in [0.4, 0.5) is 0 Å². The Morgan fingerprint density at radius 1 is 1.31 bits per heavy atom. The third kappa shape index (κ3) is 1.94. The van der Waals surface area contributed by atoms with Crippen LogP contribution < -0.4 is 5.73 Å². The molecule has 2 rings (SSSR count). The van der Waals surface area contributed by atoms with Gasteiger partial charge in [-0.15, -0.1) is 10.2 Å². The van der Waals surface area contributed by atoms with E-state index in [0.717, 1.165) is 22.8 Å². The van der Waals surface area contributed by atoms with Crippen LogP contribution in [0, 0.1) is 6.92 Å². The normalized spacial score (nSPS) is 10.8. The van der Waals surface area contributed by atoms with Crippen molar-refractivity contribution in [2.75, 3.05) is 0 Å². The van der Waals surface area contributed by atoms with Gasteiger partial charge >= 0.3 is 0 Å². The molecule has 0 saturated heterocycles. The lowest BCUT2D eigenvalue weighted by atomic mass is 10.1. The lowest BCUT2D eigenvalue weighted by Crippen LogP contribution is -2.05. The lowest BCUT2D eigenvalue weighted by Gasteiger charge is -2.04. The summed E-state index contributed by atoms with van der Waals surface area (Å²) in [4.78, 5) is 0. The number of halogens is 1.